The number of carbonyl (C=O) groups is 1. The number of morpholine rings is 1. The highest BCUT2D eigenvalue weighted by Crippen LogP contribution is 2.43. The van der Waals surface area contributed by atoms with Gasteiger partial charge in [0.2, 0.25) is 0 Å². The molecule has 0 saturated carbocycles. The summed E-state index contributed by atoms with van der Waals surface area (Å²) in [6.45, 7) is 6.35. The second-order valence-electron chi connectivity index (χ2n) is 9.51. The maximum Gasteiger partial charge on any atom is 0.420 e. The van der Waals surface area contributed by atoms with Gasteiger partial charge in [-0.1, -0.05) is 11.6 Å². The molecule has 2 fully saturated rings. The molecule has 35 heavy (non-hydrogen) atoms. The van der Waals surface area contributed by atoms with Crippen LogP contribution in [0.25, 0.3) is 16.8 Å². The van der Waals surface area contributed by atoms with Gasteiger partial charge in [0.25, 0.3) is 6.01 Å². The number of alkyl halides is 3. The monoisotopic (exact) mass is 513 g/mol. The van der Waals surface area contributed by atoms with Gasteiger partial charge in [-0.2, -0.15) is 23.3 Å². The van der Waals surface area contributed by atoms with Crippen molar-refractivity contribution >= 4 is 34.8 Å². The van der Waals surface area contributed by atoms with Crippen molar-refractivity contribution in [1.29, 1.82) is 0 Å². The Balaban J connectivity index is 1.54. The molecule has 188 valence electrons. The molecule has 2 aliphatic rings. The summed E-state index contributed by atoms with van der Waals surface area (Å²) in [5.74, 6) is 0. The van der Waals surface area contributed by atoms with E-state index in [1.165, 1.54) is 10.9 Å². The van der Waals surface area contributed by atoms with E-state index in [2.05, 4.69) is 10.1 Å². The van der Waals surface area contributed by atoms with Crippen LogP contribution in [-0.2, 0) is 15.7 Å². The number of amides is 1. The van der Waals surface area contributed by atoms with Crippen LogP contribution < -0.4 is 4.90 Å². The number of ether oxygens (including phenoxy) is 2. The zero-order valence-corrected chi connectivity index (χ0v) is 19.9. The first-order valence-electron chi connectivity index (χ1n) is 11.0. The fourth-order valence-corrected chi connectivity index (χ4v) is 4.74. The lowest BCUT2D eigenvalue weighted by molar-refractivity contribution is -0.136. The Labute approximate surface area is 203 Å². The fraction of sp³-hybridized carbons (Fsp3) is 0.500. The normalized spacial score (nSPS) is 21.0. The van der Waals surface area contributed by atoms with Crippen LogP contribution in [-0.4, -0.2) is 69.7 Å². The Hall–Kier alpha value is -2.99. The van der Waals surface area contributed by atoms with E-state index < -0.39 is 34.0 Å². The molecule has 2 bridgehead atoms. The van der Waals surface area contributed by atoms with Crippen LogP contribution in [0, 0.1) is 0 Å². The number of hydrogen-bond donors (Lipinski definition) is 0. The first kappa shape index (κ1) is 23.7. The summed E-state index contributed by atoms with van der Waals surface area (Å²) in [6.07, 6.45) is -2.14. The SMILES string of the molecule is CC(C)(C)OC(=O)N1C2COCC1CN(c1nc3c(C(F)(F)F)c(Cl)cc(-n4cccn4)c3o1)C2. The second kappa shape index (κ2) is 8.30. The van der Waals surface area contributed by atoms with Crippen molar-refractivity contribution in [2.45, 2.75) is 44.6 Å². The third-order valence-electron chi connectivity index (χ3n) is 5.77. The molecule has 2 unspecified atom stereocenters. The van der Waals surface area contributed by atoms with Crippen molar-refractivity contribution < 1.29 is 31.9 Å². The van der Waals surface area contributed by atoms with Gasteiger partial charge in [-0.15, -0.1) is 0 Å². The van der Waals surface area contributed by atoms with Crippen molar-refractivity contribution in [3.63, 3.8) is 0 Å². The molecule has 2 aliphatic heterocycles. The smallest absolute Gasteiger partial charge is 0.420 e. The zero-order chi connectivity index (χ0) is 25.1. The molecule has 2 saturated heterocycles. The van der Waals surface area contributed by atoms with Crippen LogP contribution in [0.4, 0.5) is 24.0 Å². The number of benzene rings is 1. The number of piperazine rings is 1. The zero-order valence-electron chi connectivity index (χ0n) is 19.2. The maximum absolute atomic E-state index is 13.9. The standard InChI is InChI=1S/C22H23ClF3N5O4/c1-21(2,3)35-20(32)31-12-8-29(9-13(31)11-33-10-12)19-28-17-16(22(24,25)26)14(23)7-15(18(17)34-19)30-6-4-5-27-30/h4-7,12-13H,8-11H2,1-3H3. The van der Waals surface area contributed by atoms with Gasteiger partial charge in [0.1, 0.15) is 22.4 Å². The summed E-state index contributed by atoms with van der Waals surface area (Å²) < 4.78 is 60.1. The maximum atomic E-state index is 13.9. The number of hydrogen-bond acceptors (Lipinski definition) is 7. The number of carbonyl (C=O) groups excluding carboxylic acids is 1. The van der Waals surface area contributed by atoms with Crippen molar-refractivity contribution in [2.75, 3.05) is 31.2 Å². The molecule has 9 nitrogen and oxygen atoms in total. The van der Waals surface area contributed by atoms with Crippen molar-refractivity contribution in [1.82, 2.24) is 19.7 Å². The first-order chi connectivity index (χ1) is 16.4. The molecule has 0 radical (unpaired) electrons. The van der Waals surface area contributed by atoms with Gasteiger partial charge in [-0.3, -0.25) is 4.90 Å². The average Bonchev–Trinajstić information content (AvgIpc) is 3.40. The third kappa shape index (κ3) is 4.40. The van der Waals surface area contributed by atoms with Gasteiger partial charge in [0.05, 0.1) is 30.3 Å². The Morgan fingerprint density at radius 1 is 1.20 bits per heavy atom. The van der Waals surface area contributed by atoms with Crippen molar-refractivity contribution in [2.24, 2.45) is 0 Å². The van der Waals surface area contributed by atoms with Gasteiger partial charge in [0, 0.05) is 25.5 Å². The van der Waals surface area contributed by atoms with Crippen LogP contribution in [0.1, 0.15) is 26.3 Å². The van der Waals surface area contributed by atoms with E-state index in [0.29, 0.717) is 0 Å². The molecular formula is C22H23ClF3N5O4. The topological polar surface area (TPSA) is 85.9 Å². The van der Waals surface area contributed by atoms with Crippen molar-refractivity contribution in [3.05, 3.63) is 35.1 Å². The summed E-state index contributed by atoms with van der Waals surface area (Å²) in [5, 5.41) is 3.59. The van der Waals surface area contributed by atoms with E-state index in [4.69, 9.17) is 25.5 Å². The Kier molecular flexibility index (Phi) is 5.63. The minimum atomic E-state index is -4.74. The number of anilines is 1. The highest BCUT2D eigenvalue weighted by molar-refractivity contribution is 6.32. The molecular weight excluding hydrogens is 491 g/mol. The highest BCUT2D eigenvalue weighted by Gasteiger charge is 2.45. The minimum absolute atomic E-state index is 0.00177. The van der Waals surface area contributed by atoms with Crippen LogP contribution in [0.15, 0.2) is 28.9 Å². The molecule has 1 amide bonds. The molecule has 2 atom stereocenters. The van der Waals surface area contributed by atoms with Crippen LogP contribution in [0.5, 0.6) is 0 Å². The van der Waals surface area contributed by atoms with Gasteiger partial charge in [-0.05, 0) is 32.9 Å². The first-order valence-corrected chi connectivity index (χ1v) is 11.3. The summed E-state index contributed by atoms with van der Waals surface area (Å²) >= 11 is 6.06. The van der Waals surface area contributed by atoms with E-state index in [9.17, 15) is 18.0 Å². The lowest BCUT2D eigenvalue weighted by atomic mass is 10.1. The van der Waals surface area contributed by atoms with Crippen LogP contribution >= 0.6 is 11.6 Å². The van der Waals surface area contributed by atoms with Gasteiger partial charge >= 0.3 is 12.3 Å². The molecule has 2 aromatic heterocycles. The molecule has 5 rings (SSSR count). The molecule has 3 aromatic rings. The quantitative estimate of drug-likeness (QED) is 0.498. The number of oxazole rings is 1. The van der Waals surface area contributed by atoms with Crippen LogP contribution in [0.3, 0.4) is 0 Å². The number of rotatable bonds is 2. The van der Waals surface area contributed by atoms with Gasteiger partial charge < -0.3 is 18.8 Å². The summed E-state index contributed by atoms with van der Waals surface area (Å²) in [7, 11) is 0. The predicted octanol–water partition coefficient (Wildman–Crippen LogP) is 4.51. The van der Waals surface area contributed by atoms with Crippen molar-refractivity contribution in [3.8, 4) is 5.69 Å². The highest BCUT2D eigenvalue weighted by atomic mass is 35.5. The largest absolute Gasteiger partial charge is 0.444 e. The van der Waals surface area contributed by atoms with Gasteiger partial charge in [-0.25, -0.2) is 9.48 Å². The third-order valence-corrected chi connectivity index (χ3v) is 6.06. The van der Waals surface area contributed by atoms with E-state index in [1.54, 1.807) is 42.8 Å². The minimum Gasteiger partial charge on any atom is -0.444 e. The summed E-state index contributed by atoms with van der Waals surface area (Å²) in [4.78, 5) is 20.4. The number of aromatic nitrogens is 3. The summed E-state index contributed by atoms with van der Waals surface area (Å²) in [5.41, 5.74) is -1.99. The Bertz CT molecular complexity index is 1240. The van der Waals surface area contributed by atoms with E-state index in [1.807, 2.05) is 0 Å². The average molecular weight is 514 g/mol. The lowest BCUT2D eigenvalue weighted by Gasteiger charge is -2.48. The Morgan fingerprint density at radius 3 is 2.46 bits per heavy atom. The van der Waals surface area contributed by atoms with Gasteiger partial charge in [0.15, 0.2) is 5.58 Å². The van der Waals surface area contributed by atoms with Crippen LogP contribution in [0.2, 0.25) is 5.02 Å². The van der Waals surface area contributed by atoms with E-state index in [0.717, 1.165) is 6.07 Å². The fourth-order valence-electron chi connectivity index (χ4n) is 4.44. The molecule has 13 heteroatoms. The van der Waals surface area contributed by atoms with E-state index in [-0.39, 0.29) is 55.7 Å². The molecule has 4 heterocycles. The lowest BCUT2D eigenvalue weighted by Crippen LogP contribution is -2.66. The molecule has 0 aliphatic carbocycles. The summed E-state index contributed by atoms with van der Waals surface area (Å²) in [6, 6.07) is 2.03. The number of halogens is 4. The molecule has 1 aromatic carbocycles. The van der Waals surface area contributed by atoms with E-state index >= 15 is 0 Å². The number of nitrogens with zero attached hydrogens (tertiary/aromatic N) is 5. The molecule has 0 spiro atoms. The predicted molar refractivity (Wildman–Crippen MR) is 120 cm³/mol. The number of fused-ring (bicyclic) bond motifs is 3. The molecule has 0 N–H and O–H groups in total. The second-order valence-corrected chi connectivity index (χ2v) is 9.92. The Morgan fingerprint density at radius 2 is 1.89 bits per heavy atom.